The molecule has 0 aliphatic rings. The molecule has 0 atom stereocenters. The number of esters is 2. The van der Waals surface area contributed by atoms with Crippen LogP contribution in [0.3, 0.4) is 0 Å². The average molecular weight is 312 g/mol. The smallest absolute Gasteiger partial charge is 0.341 e. The van der Waals surface area contributed by atoms with Gasteiger partial charge in [-0.15, -0.1) is 0 Å². The van der Waals surface area contributed by atoms with Crippen LogP contribution in [0.5, 0.6) is 0 Å². The fourth-order valence-corrected chi connectivity index (χ4v) is 2.13. The second-order valence-corrected chi connectivity index (χ2v) is 4.39. The monoisotopic (exact) mass is 312 g/mol. The lowest BCUT2D eigenvalue weighted by molar-refractivity contribution is 0.0554. The Bertz CT molecular complexity index is 863. The zero-order chi connectivity index (χ0) is 17.0. The highest BCUT2D eigenvalue weighted by atomic mass is 16.5. The molecule has 0 spiro atoms. The average Bonchev–Trinajstić information content (AvgIpc) is 2.59. The maximum absolute atomic E-state index is 12.4. The summed E-state index contributed by atoms with van der Waals surface area (Å²) in [5, 5.41) is 9.44. The highest BCUT2D eigenvalue weighted by Gasteiger charge is 2.27. The van der Waals surface area contributed by atoms with E-state index in [4.69, 9.17) is 0 Å². The highest BCUT2D eigenvalue weighted by molar-refractivity contribution is 6.04. The molecule has 1 aromatic heterocycles. The summed E-state index contributed by atoms with van der Waals surface area (Å²) >= 11 is 0. The molecular weight excluding hydrogens is 300 g/mol. The number of rotatable bonds is 3. The molecule has 0 saturated heterocycles. The van der Waals surface area contributed by atoms with Crippen molar-refractivity contribution in [2.45, 2.75) is 0 Å². The van der Waals surface area contributed by atoms with Crippen LogP contribution in [0.1, 0.15) is 26.4 Å². The third-order valence-electron chi connectivity index (χ3n) is 3.13. The predicted octanol–water partition coefficient (Wildman–Crippen LogP) is 1.28. The molecule has 0 amide bonds. The second-order valence-electron chi connectivity index (χ2n) is 4.39. The zero-order valence-corrected chi connectivity index (χ0v) is 12.4. The van der Waals surface area contributed by atoms with Crippen molar-refractivity contribution in [1.82, 2.24) is 4.57 Å². The number of nitriles is 1. The molecule has 1 aromatic carbocycles. The molecule has 1 heterocycles. The van der Waals surface area contributed by atoms with Gasteiger partial charge in [0.15, 0.2) is 0 Å². The van der Waals surface area contributed by atoms with Crippen molar-refractivity contribution in [2.24, 2.45) is 0 Å². The molecule has 0 aliphatic carbocycles. The summed E-state index contributed by atoms with van der Waals surface area (Å²) in [5.74, 6) is -1.81. The maximum atomic E-state index is 12.4. The van der Waals surface area contributed by atoms with E-state index in [9.17, 15) is 19.6 Å². The van der Waals surface area contributed by atoms with Gasteiger partial charge in [-0.2, -0.15) is 5.26 Å². The van der Waals surface area contributed by atoms with E-state index in [0.29, 0.717) is 5.69 Å². The zero-order valence-electron chi connectivity index (χ0n) is 12.4. The van der Waals surface area contributed by atoms with Crippen molar-refractivity contribution >= 4 is 11.9 Å². The molecule has 2 rings (SSSR count). The van der Waals surface area contributed by atoms with Gasteiger partial charge in [-0.05, 0) is 12.1 Å². The standard InChI is InChI=1S/C16H12N2O5/c1-22-15(20)11-8-13(19)18(10-6-4-3-5-7-10)12(9-17)14(11)16(21)23-2/h3-8H,1-2H3. The lowest BCUT2D eigenvalue weighted by Crippen LogP contribution is -2.27. The first kappa shape index (κ1) is 16.0. The van der Waals surface area contributed by atoms with Crippen LogP contribution in [-0.4, -0.2) is 30.7 Å². The van der Waals surface area contributed by atoms with Crippen molar-refractivity contribution in [3.05, 3.63) is 63.6 Å². The van der Waals surface area contributed by atoms with Gasteiger partial charge in [0, 0.05) is 11.8 Å². The van der Waals surface area contributed by atoms with E-state index in [1.54, 1.807) is 36.4 Å². The van der Waals surface area contributed by atoms with Crippen LogP contribution < -0.4 is 5.56 Å². The Morgan fingerprint density at radius 1 is 1.09 bits per heavy atom. The molecule has 23 heavy (non-hydrogen) atoms. The van der Waals surface area contributed by atoms with E-state index in [0.717, 1.165) is 24.9 Å². The number of hydrogen-bond donors (Lipinski definition) is 0. The van der Waals surface area contributed by atoms with E-state index in [1.807, 2.05) is 0 Å². The topological polar surface area (TPSA) is 98.4 Å². The quantitative estimate of drug-likeness (QED) is 0.792. The molecule has 0 radical (unpaired) electrons. The fraction of sp³-hybridized carbons (Fsp3) is 0.125. The number of para-hydroxylation sites is 1. The van der Waals surface area contributed by atoms with Crippen molar-refractivity contribution in [1.29, 1.82) is 5.26 Å². The van der Waals surface area contributed by atoms with Crippen LogP contribution in [0.25, 0.3) is 5.69 Å². The number of carbonyl (C=O) groups excluding carboxylic acids is 2. The Hall–Kier alpha value is -3.40. The molecule has 0 aliphatic heterocycles. The minimum Gasteiger partial charge on any atom is -0.465 e. The Morgan fingerprint density at radius 2 is 1.70 bits per heavy atom. The number of benzene rings is 1. The third-order valence-corrected chi connectivity index (χ3v) is 3.13. The van der Waals surface area contributed by atoms with Gasteiger partial charge in [0.2, 0.25) is 0 Å². The van der Waals surface area contributed by atoms with Gasteiger partial charge in [0.1, 0.15) is 17.3 Å². The molecule has 7 heteroatoms. The second kappa shape index (κ2) is 6.58. The number of pyridine rings is 1. The Labute approximate surface area is 131 Å². The Balaban J connectivity index is 2.92. The molecule has 7 nitrogen and oxygen atoms in total. The number of ether oxygens (including phenoxy) is 2. The van der Waals surface area contributed by atoms with E-state index < -0.39 is 17.5 Å². The van der Waals surface area contributed by atoms with Gasteiger partial charge in [-0.25, -0.2) is 9.59 Å². The van der Waals surface area contributed by atoms with Gasteiger partial charge < -0.3 is 9.47 Å². The summed E-state index contributed by atoms with van der Waals surface area (Å²) in [6.07, 6.45) is 0. The largest absolute Gasteiger partial charge is 0.465 e. The number of methoxy groups -OCH3 is 2. The minimum absolute atomic E-state index is 0.295. The Morgan fingerprint density at radius 3 is 2.22 bits per heavy atom. The molecule has 0 bridgehead atoms. The molecule has 0 saturated carbocycles. The molecule has 116 valence electrons. The SMILES string of the molecule is COC(=O)c1cc(=O)n(-c2ccccc2)c(C#N)c1C(=O)OC. The molecule has 0 fully saturated rings. The lowest BCUT2D eigenvalue weighted by atomic mass is 10.1. The van der Waals surface area contributed by atoms with Crippen LogP contribution in [0, 0.1) is 11.3 Å². The summed E-state index contributed by atoms with van der Waals surface area (Å²) in [6.45, 7) is 0. The molecule has 0 N–H and O–H groups in total. The van der Waals surface area contributed by atoms with Crippen molar-refractivity contribution in [3.63, 3.8) is 0 Å². The van der Waals surface area contributed by atoms with Crippen molar-refractivity contribution in [3.8, 4) is 11.8 Å². The summed E-state index contributed by atoms with van der Waals surface area (Å²) in [5.41, 5.74) is -1.18. The molecular formula is C16H12N2O5. The fourth-order valence-electron chi connectivity index (χ4n) is 2.13. The first-order chi connectivity index (χ1) is 11.0. The van der Waals surface area contributed by atoms with Crippen LogP contribution in [0.2, 0.25) is 0 Å². The van der Waals surface area contributed by atoms with E-state index in [-0.39, 0.29) is 16.8 Å². The maximum Gasteiger partial charge on any atom is 0.341 e. The van der Waals surface area contributed by atoms with E-state index in [1.165, 1.54) is 0 Å². The summed E-state index contributed by atoms with van der Waals surface area (Å²) < 4.78 is 10.2. The normalized spacial score (nSPS) is 9.78. The van der Waals surface area contributed by atoms with Gasteiger partial charge in [-0.3, -0.25) is 9.36 Å². The lowest BCUT2D eigenvalue weighted by Gasteiger charge is -2.14. The highest BCUT2D eigenvalue weighted by Crippen LogP contribution is 2.18. The number of hydrogen-bond acceptors (Lipinski definition) is 6. The summed E-state index contributed by atoms with van der Waals surface area (Å²) in [4.78, 5) is 36.2. The third kappa shape index (κ3) is 2.82. The number of carbonyl (C=O) groups is 2. The van der Waals surface area contributed by atoms with Crippen molar-refractivity contribution in [2.75, 3.05) is 14.2 Å². The van der Waals surface area contributed by atoms with Gasteiger partial charge >= 0.3 is 11.9 Å². The van der Waals surface area contributed by atoms with Gasteiger partial charge in [0.25, 0.3) is 5.56 Å². The van der Waals surface area contributed by atoms with Crippen LogP contribution >= 0.6 is 0 Å². The first-order valence-corrected chi connectivity index (χ1v) is 6.47. The summed E-state index contributed by atoms with van der Waals surface area (Å²) in [7, 11) is 2.22. The predicted molar refractivity (Wildman–Crippen MR) is 79.4 cm³/mol. The first-order valence-electron chi connectivity index (χ1n) is 6.47. The van der Waals surface area contributed by atoms with Crippen LogP contribution in [0.15, 0.2) is 41.2 Å². The number of nitrogens with zero attached hydrogens (tertiary/aromatic N) is 2. The van der Waals surface area contributed by atoms with Crippen LogP contribution in [-0.2, 0) is 9.47 Å². The molecule has 2 aromatic rings. The number of aromatic nitrogens is 1. The van der Waals surface area contributed by atoms with Gasteiger partial charge in [0.05, 0.1) is 19.8 Å². The van der Waals surface area contributed by atoms with Crippen molar-refractivity contribution < 1.29 is 19.1 Å². The minimum atomic E-state index is -0.911. The van der Waals surface area contributed by atoms with E-state index in [2.05, 4.69) is 9.47 Å². The van der Waals surface area contributed by atoms with E-state index >= 15 is 0 Å². The Kier molecular flexibility index (Phi) is 4.57. The van der Waals surface area contributed by atoms with Gasteiger partial charge in [-0.1, -0.05) is 18.2 Å². The van der Waals surface area contributed by atoms with Crippen LogP contribution in [0.4, 0.5) is 0 Å². The summed E-state index contributed by atoms with van der Waals surface area (Å²) in [6, 6.07) is 11.0. The molecule has 0 unspecified atom stereocenters.